The maximum Gasteiger partial charge on any atom is 0.123 e. The van der Waals surface area contributed by atoms with Gasteiger partial charge in [-0.3, -0.25) is 4.90 Å². The van der Waals surface area contributed by atoms with Crippen molar-refractivity contribution >= 4 is 0 Å². The molecule has 94 valence electrons. The van der Waals surface area contributed by atoms with Crippen LogP contribution in [0.25, 0.3) is 0 Å². The number of hydrogen-bond acceptors (Lipinski definition) is 2. The van der Waals surface area contributed by atoms with E-state index in [0.29, 0.717) is 5.41 Å². The lowest BCUT2D eigenvalue weighted by Crippen LogP contribution is -2.51. The van der Waals surface area contributed by atoms with Gasteiger partial charge in [0.2, 0.25) is 0 Å². The van der Waals surface area contributed by atoms with Crippen molar-refractivity contribution in [3.05, 3.63) is 29.8 Å². The first-order valence-corrected chi connectivity index (χ1v) is 6.35. The van der Waals surface area contributed by atoms with Crippen molar-refractivity contribution < 1.29 is 4.74 Å². The number of likely N-dealkylation sites (tertiary alicyclic amines) is 1. The predicted molar refractivity (Wildman–Crippen MR) is 71.2 cm³/mol. The molecule has 0 aliphatic carbocycles. The van der Waals surface area contributed by atoms with Crippen LogP contribution in [-0.4, -0.2) is 25.1 Å². The summed E-state index contributed by atoms with van der Waals surface area (Å²) in [7, 11) is 1.74. The van der Waals surface area contributed by atoms with E-state index >= 15 is 0 Å². The van der Waals surface area contributed by atoms with Crippen molar-refractivity contribution in [1.82, 2.24) is 4.90 Å². The van der Waals surface area contributed by atoms with Gasteiger partial charge >= 0.3 is 0 Å². The average Bonchev–Trinajstić information content (AvgIpc) is 2.21. The van der Waals surface area contributed by atoms with Gasteiger partial charge in [-0.1, -0.05) is 39.0 Å². The molecule has 1 aromatic rings. The molecule has 2 nitrogen and oxygen atoms in total. The lowest BCUT2D eigenvalue weighted by molar-refractivity contribution is 0.0185. The quantitative estimate of drug-likeness (QED) is 0.795. The first-order chi connectivity index (χ1) is 8.00. The van der Waals surface area contributed by atoms with Crippen molar-refractivity contribution in [1.29, 1.82) is 0 Å². The van der Waals surface area contributed by atoms with E-state index in [1.807, 2.05) is 12.1 Å². The molecule has 1 heterocycles. The molecule has 1 aliphatic heterocycles. The van der Waals surface area contributed by atoms with E-state index in [9.17, 15) is 0 Å². The number of rotatable bonds is 3. The Labute approximate surface area is 105 Å². The van der Waals surface area contributed by atoms with Gasteiger partial charge in [-0.15, -0.1) is 0 Å². The van der Waals surface area contributed by atoms with E-state index in [1.54, 1.807) is 7.11 Å². The SMILES string of the molecule is COc1ccccc1CN1CC(C(C)(C)C)C1. The maximum absolute atomic E-state index is 5.38. The highest BCUT2D eigenvalue weighted by molar-refractivity contribution is 5.33. The molecule has 1 aliphatic rings. The number of hydrogen-bond donors (Lipinski definition) is 0. The molecule has 0 N–H and O–H groups in total. The maximum atomic E-state index is 5.38. The van der Waals surface area contributed by atoms with Gasteiger partial charge in [0.05, 0.1) is 7.11 Å². The average molecular weight is 233 g/mol. The number of ether oxygens (including phenoxy) is 1. The molecule has 2 rings (SSSR count). The molecule has 1 fully saturated rings. The van der Waals surface area contributed by atoms with Crippen LogP contribution in [-0.2, 0) is 6.54 Å². The van der Waals surface area contributed by atoms with Crippen LogP contribution in [0.4, 0.5) is 0 Å². The van der Waals surface area contributed by atoms with E-state index in [2.05, 4.69) is 37.8 Å². The van der Waals surface area contributed by atoms with Crippen LogP contribution in [0.3, 0.4) is 0 Å². The lowest BCUT2D eigenvalue weighted by atomic mass is 9.76. The first-order valence-electron chi connectivity index (χ1n) is 6.35. The highest BCUT2D eigenvalue weighted by Gasteiger charge is 2.35. The van der Waals surface area contributed by atoms with E-state index in [0.717, 1.165) is 18.2 Å². The van der Waals surface area contributed by atoms with Crippen LogP contribution in [0.1, 0.15) is 26.3 Å². The van der Waals surface area contributed by atoms with Crippen molar-refractivity contribution in [2.75, 3.05) is 20.2 Å². The Morgan fingerprint density at radius 3 is 2.47 bits per heavy atom. The number of para-hydroxylation sites is 1. The van der Waals surface area contributed by atoms with Gasteiger partial charge in [0.1, 0.15) is 5.75 Å². The van der Waals surface area contributed by atoms with Crippen molar-refractivity contribution in [2.24, 2.45) is 11.3 Å². The third-order valence-electron chi connectivity index (χ3n) is 3.77. The lowest BCUT2D eigenvalue weighted by Gasteiger charge is -2.46. The summed E-state index contributed by atoms with van der Waals surface area (Å²) in [6.45, 7) is 10.4. The van der Waals surface area contributed by atoms with Gasteiger partial charge in [-0.25, -0.2) is 0 Å². The second-order valence-electron chi connectivity index (χ2n) is 6.07. The van der Waals surface area contributed by atoms with Crippen LogP contribution in [0.5, 0.6) is 5.75 Å². The molecule has 0 unspecified atom stereocenters. The minimum atomic E-state index is 0.442. The molecule has 2 heteroatoms. The Morgan fingerprint density at radius 1 is 1.24 bits per heavy atom. The smallest absolute Gasteiger partial charge is 0.123 e. The standard InChI is InChI=1S/C15H23NO/c1-15(2,3)13-10-16(11-13)9-12-7-5-6-8-14(12)17-4/h5-8,13H,9-11H2,1-4H3. The second kappa shape index (κ2) is 4.69. The predicted octanol–water partition coefficient (Wildman–Crippen LogP) is 3.17. The van der Waals surface area contributed by atoms with Crippen molar-refractivity contribution in [3.8, 4) is 5.75 Å². The van der Waals surface area contributed by atoms with Crippen LogP contribution < -0.4 is 4.74 Å². The summed E-state index contributed by atoms with van der Waals surface area (Å²) < 4.78 is 5.38. The molecule has 0 spiro atoms. The summed E-state index contributed by atoms with van der Waals surface area (Å²) in [5.74, 6) is 1.84. The third-order valence-corrected chi connectivity index (χ3v) is 3.77. The Kier molecular flexibility index (Phi) is 3.43. The molecule has 0 bridgehead atoms. The molecular formula is C15H23NO. The molecule has 1 saturated heterocycles. The minimum absolute atomic E-state index is 0.442. The van der Waals surface area contributed by atoms with Crippen LogP contribution in [0.2, 0.25) is 0 Å². The second-order valence-corrected chi connectivity index (χ2v) is 6.07. The van der Waals surface area contributed by atoms with E-state index in [-0.39, 0.29) is 0 Å². The van der Waals surface area contributed by atoms with Crippen LogP contribution in [0.15, 0.2) is 24.3 Å². The number of nitrogens with zero attached hydrogens (tertiary/aromatic N) is 1. The van der Waals surface area contributed by atoms with Gasteiger partial charge < -0.3 is 4.74 Å². The Balaban J connectivity index is 1.92. The molecule has 17 heavy (non-hydrogen) atoms. The molecule has 0 amide bonds. The van der Waals surface area contributed by atoms with Crippen molar-refractivity contribution in [3.63, 3.8) is 0 Å². The summed E-state index contributed by atoms with van der Waals surface area (Å²) in [6, 6.07) is 8.30. The minimum Gasteiger partial charge on any atom is -0.496 e. The van der Waals surface area contributed by atoms with E-state index < -0.39 is 0 Å². The zero-order chi connectivity index (χ0) is 12.5. The summed E-state index contributed by atoms with van der Waals surface area (Å²) in [5, 5.41) is 0. The highest BCUT2D eigenvalue weighted by Crippen LogP contribution is 2.35. The fourth-order valence-corrected chi connectivity index (χ4v) is 2.32. The van der Waals surface area contributed by atoms with Gasteiger partial charge in [-0.05, 0) is 17.4 Å². The number of benzene rings is 1. The van der Waals surface area contributed by atoms with Gasteiger partial charge in [0.15, 0.2) is 0 Å². The fraction of sp³-hybridized carbons (Fsp3) is 0.600. The molecule has 1 aromatic carbocycles. The highest BCUT2D eigenvalue weighted by atomic mass is 16.5. The third kappa shape index (κ3) is 2.81. The van der Waals surface area contributed by atoms with Gasteiger partial charge in [0, 0.05) is 25.2 Å². The van der Waals surface area contributed by atoms with Gasteiger partial charge in [0.25, 0.3) is 0 Å². The van der Waals surface area contributed by atoms with Gasteiger partial charge in [-0.2, -0.15) is 0 Å². The number of methoxy groups -OCH3 is 1. The molecular weight excluding hydrogens is 210 g/mol. The molecule has 0 aromatic heterocycles. The molecule has 0 atom stereocenters. The van der Waals surface area contributed by atoms with E-state index in [1.165, 1.54) is 18.7 Å². The largest absolute Gasteiger partial charge is 0.496 e. The summed E-state index contributed by atoms with van der Waals surface area (Å²) in [4.78, 5) is 2.49. The normalized spacial score (nSPS) is 17.9. The summed E-state index contributed by atoms with van der Waals surface area (Å²) in [6.07, 6.45) is 0. The zero-order valence-corrected chi connectivity index (χ0v) is 11.4. The Morgan fingerprint density at radius 2 is 1.88 bits per heavy atom. The van der Waals surface area contributed by atoms with Crippen LogP contribution >= 0.6 is 0 Å². The van der Waals surface area contributed by atoms with E-state index in [4.69, 9.17) is 4.74 Å². The van der Waals surface area contributed by atoms with Crippen LogP contribution in [0, 0.1) is 11.3 Å². The summed E-state index contributed by atoms with van der Waals surface area (Å²) in [5.41, 5.74) is 1.74. The monoisotopic (exact) mass is 233 g/mol. The Bertz CT molecular complexity index is 375. The first kappa shape index (κ1) is 12.4. The molecule has 0 saturated carbocycles. The molecule has 0 radical (unpaired) electrons. The van der Waals surface area contributed by atoms with Crippen molar-refractivity contribution in [2.45, 2.75) is 27.3 Å². The Hall–Kier alpha value is -1.02. The topological polar surface area (TPSA) is 12.5 Å². The fourth-order valence-electron chi connectivity index (χ4n) is 2.32. The summed E-state index contributed by atoms with van der Waals surface area (Å²) >= 11 is 0. The zero-order valence-electron chi connectivity index (χ0n) is 11.4.